The number of ether oxygens (including phenoxy) is 1. The minimum atomic E-state index is 0.0600. The van der Waals surface area contributed by atoms with E-state index in [9.17, 15) is 0 Å². The van der Waals surface area contributed by atoms with E-state index >= 15 is 0 Å². The van der Waals surface area contributed by atoms with Gasteiger partial charge in [0.05, 0.1) is 0 Å². The highest BCUT2D eigenvalue weighted by atomic mass is 32.1. The summed E-state index contributed by atoms with van der Waals surface area (Å²) in [5, 5.41) is 7.38. The smallest absolute Gasteiger partial charge is 0.122 e. The van der Waals surface area contributed by atoms with E-state index in [1.54, 1.807) is 23.5 Å². The summed E-state index contributed by atoms with van der Waals surface area (Å²) in [6.07, 6.45) is 1.06. The SMILES string of the molecule is CCc1ccc(COc2cccc(C(=N)N)c2)s1. The van der Waals surface area contributed by atoms with Gasteiger partial charge in [-0.2, -0.15) is 0 Å². The average molecular weight is 260 g/mol. The number of thiophene rings is 1. The third-order valence-corrected chi connectivity index (χ3v) is 3.79. The molecule has 94 valence electrons. The second-order valence-electron chi connectivity index (χ2n) is 3.95. The van der Waals surface area contributed by atoms with E-state index in [1.165, 1.54) is 9.75 Å². The highest BCUT2D eigenvalue weighted by Crippen LogP contribution is 2.20. The molecule has 0 radical (unpaired) electrons. The van der Waals surface area contributed by atoms with Gasteiger partial charge in [-0.1, -0.05) is 19.1 Å². The number of hydrogen-bond donors (Lipinski definition) is 2. The van der Waals surface area contributed by atoms with Gasteiger partial charge < -0.3 is 10.5 Å². The van der Waals surface area contributed by atoms with E-state index < -0.39 is 0 Å². The summed E-state index contributed by atoms with van der Waals surface area (Å²) >= 11 is 1.77. The van der Waals surface area contributed by atoms with Crippen molar-refractivity contribution in [2.45, 2.75) is 20.0 Å². The van der Waals surface area contributed by atoms with E-state index in [2.05, 4.69) is 19.1 Å². The first kappa shape index (κ1) is 12.6. The Labute approximate surface area is 111 Å². The Morgan fingerprint density at radius 2 is 2.06 bits per heavy atom. The molecule has 4 heteroatoms. The molecule has 0 aliphatic heterocycles. The van der Waals surface area contributed by atoms with E-state index in [1.807, 2.05) is 12.1 Å². The molecule has 0 aliphatic rings. The molecule has 1 heterocycles. The van der Waals surface area contributed by atoms with Crippen molar-refractivity contribution in [3.8, 4) is 5.75 Å². The average Bonchev–Trinajstić information content (AvgIpc) is 2.84. The molecule has 3 nitrogen and oxygen atoms in total. The highest BCUT2D eigenvalue weighted by molar-refractivity contribution is 7.11. The van der Waals surface area contributed by atoms with Crippen LogP contribution in [0.15, 0.2) is 36.4 Å². The number of nitrogen functional groups attached to an aromatic ring is 1. The largest absolute Gasteiger partial charge is 0.488 e. The number of hydrogen-bond acceptors (Lipinski definition) is 3. The maximum atomic E-state index is 7.38. The van der Waals surface area contributed by atoms with Crippen LogP contribution in [-0.4, -0.2) is 5.84 Å². The van der Waals surface area contributed by atoms with Crippen LogP contribution < -0.4 is 10.5 Å². The molecule has 18 heavy (non-hydrogen) atoms. The lowest BCUT2D eigenvalue weighted by Crippen LogP contribution is -2.10. The van der Waals surface area contributed by atoms with Crippen molar-refractivity contribution >= 4 is 17.2 Å². The normalized spacial score (nSPS) is 10.3. The Hall–Kier alpha value is -1.81. The minimum Gasteiger partial charge on any atom is -0.488 e. The molecule has 0 saturated carbocycles. The topological polar surface area (TPSA) is 59.1 Å². The molecule has 1 aromatic heterocycles. The van der Waals surface area contributed by atoms with Crippen LogP contribution in [0.2, 0.25) is 0 Å². The Morgan fingerprint density at radius 3 is 2.72 bits per heavy atom. The number of nitrogens with one attached hydrogen (secondary N) is 1. The molecule has 0 bridgehead atoms. The van der Waals surface area contributed by atoms with Gasteiger partial charge in [-0.05, 0) is 30.7 Å². The van der Waals surface area contributed by atoms with Crippen molar-refractivity contribution < 1.29 is 4.74 Å². The molecule has 0 saturated heterocycles. The van der Waals surface area contributed by atoms with Gasteiger partial charge in [0.15, 0.2) is 0 Å². The Morgan fingerprint density at radius 1 is 1.28 bits per heavy atom. The van der Waals surface area contributed by atoms with Crippen molar-refractivity contribution in [3.05, 3.63) is 51.7 Å². The first-order valence-corrected chi connectivity index (χ1v) is 6.65. The zero-order chi connectivity index (χ0) is 13.0. The van der Waals surface area contributed by atoms with Crippen LogP contribution in [0.5, 0.6) is 5.75 Å². The van der Waals surface area contributed by atoms with E-state index in [0.29, 0.717) is 12.2 Å². The maximum Gasteiger partial charge on any atom is 0.122 e. The van der Waals surface area contributed by atoms with E-state index in [0.717, 1.165) is 12.2 Å². The van der Waals surface area contributed by atoms with Gasteiger partial charge in [-0.3, -0.25) is 5.41 Å². The lowest BCUT2D eigenvalue weighted by atomic mass is 10.2. The molecule has 3 N–H and O–H groups in total. The standard InChI is InChI=1S/C14H16N2OS/c1-2-12-6-7-13(18-12)9-17-11-5-3-4-10(8-11)14(15)16/h3-8H,2,9H2,1H3,(H3,15,16). The van der Waals surface area contributed by atoms with Gasteiger partial charge in [0.25, 0.3) is 0 Å². The molecule has 0 spiro atoms. The summed E-state index contributed by atoms with van der Waals surface area (Å²) in [4.78, 5) is 2.58. The molecule has 2 rings (SSSR count). The number of aryl methyl sites for hydroxylation is 1. The number of amidine groups is 1. The molecule has 0 fully saturated rings. The molecule has 0 atom stereocenters. The van der Waals surface area contributed by atoms with Crippen molar-refractivity contribution in [3.63, 3.8) is 0 Å². The van der Waals surface area contributed by atoms with Gasteiger partial charge in [0.2, 0.25) is 0 Å². The Kier molecular flexibility index (Phi) is 3.99. The summed E-state index contributed by atoms with van der Waals surface area (Å²) in [5.41, 5.74) is 6.13. The van der Waals surface area contributed by atoms with E-state index in [4.69, 9.17) is 15.9 Å². The maximum absolute atomic E-state index is 7.38. The Bertz CT molecular complexity index is 548. The zero-order valence-corrected chi connectivity index (χ0v) is 11.1. The predicted octanol–water partition coefficient (Wildman–Crippen LogP) is 3.17. The van der Waals surface area contributed by atoms with Crippen LogP contribution in [-0.2, 0) is 13.0 Å². The highest BCUT2D eigenvalue weighted by Gasteiger charge is 2.02. The summed E-state index contributed by atoms with van der Waals surface area (Å²) in [6, 6.07) is 11.5. The summed E-state index contributed by atoms with van der Waals surface area (Å²) in [7, 11) is 0. The lowest BCUT2D eigenvalue weighted by Gasteiger charge is -2.06. The molecule has 1 aromatic carbocycles. The number of benzene rings is 1. The molecule has 0 unspecified atom stereocenters. The van der Waals surface area contributed by atoms with E-state index in [-0.39, 0.29) is 5.84 Å². The van der Waals surface area contributed by atoms with Crippen LogP contribution in [0.4, 0.5) is 0 Å². The van der Waals surface area contributed by atoms with Gasteiger partial charge in [0, 0.05) is 15.3 Å². The number of rotatable bonds is 5. The van der Waals surface area contributed by atoms with Gasteiger partial charge in [-0.25, -0.2) is 0 Å². The van der Waals surface area contributed by atoms with Crippen LogP contribution >= 0.6 is 11.3 Å². The number of nitrogens with two attached hydrogens (primary N) is 1. The third kappa shape index (κ3) is 3.11. The van der Waals surface area contributed by atoms with Crippen LogP contribution in [0.1, 0.15) is 22.2 Å². The molecule has 2 aromatic rings. The molecule has 0 aliphatic carbocycles. The lowest BCUT2D eigenvalue weighted by molar-refractivity contribution is 0.310. The zero-order valence-electron chi connectivity index (χ0n) is 10.3. The fourth-order valence-corrected chi connectivity index (χ4v) is 2.47. The van der Waals surface area contributed by atoms with Crippen LogP contribution in [0.3, 0.4) is 0 Å². The third-order valence-electron chi connectivity index (χ3n) is 2.59. The molecule has 0 amide bonds. The van der Waals surface area contributed by atoms with Crippen LogP contribution in [0, 0.1) is 5.41 Å². The van der Waals surface area contributed by atoms with Crippen molar-refractivity contribution in [1.82, 2.24) is 0 Å². The van der Waals surface area contributed by atoms with Crippen molar-refractivity contribution in [2.75, 3.05) is 0 Å². The summed E-state index contributed by atoms with van der Waals surface area (Å²) in [5.74, 6) is 0.805. The second kappa shape index (κ2) is 5.69. The molecular weight excluding hydrogens is 244 g/mol. The first-order chi connectivity index (χ1) is 8.69. The quantitative estimate of drug-likeness (QED) is 0.640. The van der Waals surface area contributed by atoms with Gasteiger partial charge in [-0.15, -0.1) is 11.3 Å². The fourth-order valence-electron chi connectivity index (χ4n) is 1.60. The van der Waals surface area contributed by atoms with Gasteiger partial charge in [0.1, 0.15) is 18.2 Å². The minimum absolute atomic E-state index is 0.0600. The monoisotopic (exact) mass is 260 g/mol. The predicted molar refractivity (Wildman–Crippen MR) is 75.5 cm³/mol. The summed E-state index contributed by atoms with van der Waals surface area (Å²) < 4.78 is 5.70. The fraction of sp³-hybridized carbons (Fsp3) is 0.214. The van der Waals surface area contributed by atoms with Crippen molar-refractivity contribution in [2.24, 2.45) is 5.73 Å². The second-order valence-corrected chi connectivity index (χ2v) is 5.20. The first-order valence-electron chi connectivity index (χ1n) is 5.84. The summed E-state index contributed by atoms with van der Waals surface area (Å²) in [6.45, 7) is 2.71. The van der Waals surface area contributed by atoms with Crippen LogP contribution in [0.25, 0.3) is 0 Å². The Balaban J connectivity index is 2.01. The molecular formula is C14H16N2OS. The van der Waals surface area contributed by atoms with Gasteiger partial charge >= 0.3 is 0 Å². The van der Waals surface area contributed by atoms with Crippen molar-refractivity contribution in [1.29, 1.82) is 5.41 Å².